The fourth-order valence-corrected chi connectivity index (χ4v) is 3.49. The molecule has 1 amide bonds. The summed E-state index contributed by atoms with van der Waals surface area (Å²) < 4.78 is 2.04. The molecule has 1 aliphatic heterocycles. The molecule has 0 bridgehead atoms. The monoisotopic (exact) mass is 311 g/mol. The Bertz CT molecular complexity index is 466. The van der Waals surface area contributed by atoms with Crippen LogP contribution in [0.25, 0.3) is 0 Å². The predicted octanol–water partition coefficient (Wildman–Crippen LogP) is 1.24. The highest BCUT2D eigenvalue weighted by molar-refractivity contribution is 7.99. The molecule has 1 aliphatic rings. The summed E-state index contributed by atoms with van der Waals surface area (Å²) in [6.45, 7) is 7.58. The van der Waals surface area contributed by atoms with E-state index in [1.807, 2.05) is 30.4 Å². The first kappa shape index (κ1) is 16.3. The second-order valence-corrected chi connectivity index (χ2v) is 6.24. The molecule has 0 aliphatic carbocycles. The van der Waals surface area contributed by atoms with Crippen molar-refractivity contribution >= 4 is 17.7 Å². The Morgan fingerprint density at radius 2 is 2.19 bits per heavy atom. The fourth-order valence-electron chi connectivity index (χ4n) is 2.67. The zero-order chi connectivity index (χ0) is 15.2. The number of aromatic nitrogens is 3. The standard InChI is InChI=1S/C14H25N5OS/c1-4-19(5-2)12(20)10-21-14-17-16-13(18(14)3)11-7-6-8-15-9-11/h11,15H,4-10H2,1-3H3/t11-/m0/s1. The molecule has 0 spiro atoms. The van der Waals surface area contributed by atoms with Crippen LogP contribution in [0.5, 0.6) is 0 Å². The number of nitrogens with one attached hydrogen (secondary N) is 1. The van der Waals surface area contributed by atoms with Gasteiger partial charge in [0.05, 0.1) is 5.75 Å². The van der Waals surface area contributed by atoms with E-state index in [4.69, 9.17) is 0 Å². The molecule has 1 saturated heterocycles. The molecule has 7 heteroatoms. The molecule has 21 heavy (non-hydrogen) atoms. The van der Waals surface area contributed by atoms with E-state index in [0.717, 1.165) is 43.6 Å². The van der Waals surface area contributed by atoms with Gasteiger partial charge in [-0.25, -0.2) is 0 Å². The van der Waals surface area contributed by atoms with Gasteiger partial charge in [-0.2, -0.15) is 0 Å². The molecule has 1 N–H and O–H groups in total. The molecule has 0 aromatic carbocycles. The smallest absolute Gasteiger partial charge is 0.233 e. The molecule has 1 aromatic heterocycles. The van der Waals surface area contributed by atoms with Gasteiger partial charge in [-0.3, -0.25) is 4.79 Å². The van der Waals surface area contributed by atoms with Crippen LogP contribution in [0.3, 0.4) is 0 Å². The Labute approximate surface area is 130 Å². The topological polar surface area (TPSA) is 63.1 Å². The molecule has 1 fully saturated rings. The summed E-state index contributed by atoms with van der Waals surface area (Å²) in [4.78, 5) is 13.9. The van der Waals surface area contributed by atoms with Crippen LogP contribution in [0, 0.1) is 0 Å². The maximum Gasteiger partial charge on any atom is 0.233 e. The van der Waals surface area contributed by atoms with Crippen LogP contribution in [0.1, 0.15) is 38.4 Å². The number of nitrogens with zero attached hydrogens (tertiary/aromatic N) is 4. The van der Waals surface area contributed by atoms with Crippen LogP contribution in [0.4, 0.5) is 0 Å². The SMILES string of the molecule is CCN(CC)C(=O)CSc1nnc([C@H]2CCCNC2)n1C. The Morgan fingerprint density at radius 3 is 2.81 bits per heavy atom. The van der Waals surface area contributed by atoms with Crippen molar-refractivity contribution in [2.24, 2.45) is 7.05 Å². The summed E-state index contributed by atoms with van der Waals surface area (Å²) in [5.41, 5.74) is 0. The maximum absolute atomic E-state index is 12.0. The van der Waals surface area contributed by atoms with Gasteiger partial charge in [0.2, 0.25) is 5.91 Å². The van der Waals surface area contributed by atoms with Gasteiger partial charge in [-0.15, -0.1) is 10.2 Å². The molecule has 0 unspecified atom stereocenters. The summed E-state index contributed by atoms with van der Waals surface area (Å²) in [6, 6.07) is 0. The van der Waals surface area contributed by atoms with E-state index in [1.165, 1.54) is 18.2 Å². The Kier molecular flexibility index (Phi) is 6.05. The highest BCUT2D eigenvalue weighted by atomic mass is 32.2. The second kappa shape index (κ2) is 7.79. The third-order valence-corrected chi connectivity index (χ3v) is 4.98. The highest BCUT2D eigenvalue weighted by Gasteiger charge is 2.22. The predicted molar refractivity (Wildman–Crippen MR) is 84.5 cm³/mol. The molecule has 1 aromatic rings. The Balaban J connectivity index is 1.95. The van der Waals surface area contributed by atoms with Crippen LogP contribution in [-0.2, 0) is 11.8 Å². The highest BCUT2D eigenvalue weighted by Crippen LogP contribution is 2.24. The minimum atomic E-state index is 0.161. The van der Waals surface area contributed by atoms with Crippen molar-refractivity contribution < 1.29 is 4.79 Å². The van der Waals surface area contributed by atoms with E-state index in [1.54, 1.807) is 0 Å². The van der Waals surface area contributed by atoms with Gasteiger partial charge in [0.25, 0.3) is 0 Å². The third kappa shape index (κ3) is 3.97. The van der Waals surface area contributed by atoms with Crippen molar-refractivity contribution in [3.63, 3.8) is 0 Å². The van der Waals surface area contributed by atoms with Crippen molar-refractivity contribution in [1.29, 1.82) is 0 Å². The number of carbonyl (C=O) groups is 1. The number of thioether (sulfide) groups is 1. The molecular formula is C14H25N5OS. The van der Waals surface area contributed by atoms with Crippen LogP contribution in [-0.4, -0.2) is 57.5 Å². The van der Waals surface area contributed by atoms with Gasteiger partial charge in [0.15, 0.2) is 5.16 Å². The number of rotatable bonds is 6. The zero-order valence-corrected chi connectivity index (χ0v) is 13.9. The normalized spacial score (nSPS) is 18.7. The molecule has 6 nitrogen and oxygen atoms in total. The summed E-state index contributed by atoms with van der Waals surface area (Å²) in [5, 5.41) is 12.8. The summed E-state index contributed by atoms with van der Waals surface area (Å²) in [5.74, 6) is 2.05. The summed E-state index contributed by atoms with van der Waals surface area (Å²) in [6.07, 6.45) is 2.34. The molecule has 118 valence electrons. The zero-order valence-electron chi connectivity index (χ0n) is 13.1. The molecule has 2 rings (SSSR count). The van der Waals surface area contributed by atoms with E-state index >= 15 is 0 Å². The van der Waals surface area contributed by atoms with Crippen LogP contribution < -0.4 is 5.32 Å². The van der Waals surface area contributed by atoms with Gasteiger partial charge in [0, 0.05) is 32.6 Å². The van der Waals surface area contributed by atoms with Crippen LogP contribution >= 0.6 is 11.8 Å². The first-order valence-electron chi connectivity index (χ1n) is 7.67. The van der Waals surface area contributed by atoms with Crippen molar-refractivity contribution in [1.82, 2.24) is 25.0 Å². The minimum Gasteiger partial charge on any atom is -0.343 e. The number of carbonyl (C=O) groups excluding carboxylic acids is 1. The lowest BCUT2D eigenvalue weighted by atomic mass is 9.99. The molecular weight excluding hydrogens is 286 g/mol. The van der Waals surface area contributed by atoms with Crippen molar-refractivity contribution in [2.75, 3.05) is 31.9 Å². The maximum atomic E-state index is 12.0. The molecule has 2 heterocycles. The van der Waals surface area contributed by atoms with Gasteiger partial charge in [-0.1, -0.05) is 11.8 Å². The van der Waals surface area contributed by atoms with E-state index < -0.39 is 0 Å². The second-order valence-electron chi connectivity index (χ2n) is 5.30. The van der Waals surface area contributed by atoms with Gasteiger partial charge >= 0.3 is 0 Å². The lowest BCUT2D eigenvalue weighted by Gasteiger charge is -2.21. The minimum absolute atomic E-state index is 0.161. The van der Waals surface area contributed by atoms with E-state index in [0.29, 0.717) is 11.7 Å². The Morgan fingerprint density at radius 1 is 1.43 bits per heavy atom. The average Bonchev–Trinajstić information content (AvgIpc) is 2.88. The first-order chi connectivity index (χ1) is 10.2. The number of amides is 1. The summed E-state index contributed by atoms with van der Waals surface area (Å²) in [7, 11) is 1.99. The quantitative estimate of drug-likeness (QED) is 0.801. The number of hydrogen-bond donors (Lipinski definition) is 1. The van der Waals surface area contributed by atoms with E-state index in [9.17, 15) is 4.79 Å². The fraction of sp³-hybridized carbons (Fsp3) is 0.786. The molecule has 0 radical (unpaired) electrons. The summed E-state index contributed by atoms with van der Waals surface area (Å²) >= 11 is 1.48. The van der Waals surface area contributed by atoms with Crippen molar-refractivity contribution in [3.05, 3.63) is 5.82 Å². The van der Waals surface area contributed by atoms with E-state index in [-0.39, 0.29) is 5.91 Å². The lowest BCUT2D eigenvalue weighted by molar-refractivity contribution is -0.127. The number of piperidine rings is 1. The number of hydrogen-bond acceptors (Lipinski definition) is 5. The van der Waals surface area contributed by atoms with Gasteiger partial charge in [0.1, 0.15) is 5.82 Å². The lowest BCUT2D eigenvalue weighted by Crippen LogP contribution is -2.32. The largest absolute Gasteiger partial charge is 0.343 e. The van der Waals surface area contributed by atoms with E-state index in [2.05, 4.69) is 15.5 Å². The first-order valence-corrected chi connectivity index (χ1v) is 8.66. The van der Waals surface area contributed by atoms with Crippen LogP contribution in [0.15, 0.2) is 5.16 Å². The van der Waals surface area contributed by atoms with Crippen molar-refractivity contribution in [2.45, 2.75) is 37.8 Å². The molecule has 0 saturated carbocycles. The third-order valence-electron chi connectivity index (χ3n) is 3.97. The van der Waals surface area contributed by atoms with Crippen LogP contribution in [0.2, 0.25) is 0 Å². The van der Waals surface area contributed by atoms with Crippen molar-refractivity contribution in [3.8, 4) is 0 Å². The average molecular weight is 311 g/mol. The molecule has 1 atom stereocenters. The van der Waals surface area contributed by atoms with Gasteiger partial charge in [-0.05, 0) is 33.2 Å². The van der Waals surface area contributed by atoms with Gasteiger partial charge < -0.3 is 14.8 Å². The Hall–Kier alpha value is -1.08.